The minimum atomic E-state index is -1.00. The van der Waals surface area contributed by atoms with Gasteiger partial charge in [0.15, 0.2) is 5.82 Å². The Hall–Kier alpha value is -1.69. The van der Waals surface area contributed by atoms with E-state index in [2.05, 4.69) is 15.5 Å². The van der Waals surface area contributed by atoms with Gasteiger partial charge in [0.25, 0.3) is 0 Å². The van der Waals surface area contributed by atoms with Crippen molar-refractivity contribution in [3.8, 4) is 0 Å². The predicted molar refractivity (Wildman–Crippen MR) is 56.0 cm³/mol. The zero-order chi connectivity index (χ0) is 11.3. The van der Waals surface area contributed by atoms with Gasteiger partial charge in [-0.2, -0.15) is 5.10 Å². The lowest BCUT2D eigenvalue weighted by molar-refractivity contribution is 0.0697. The first-order valence-corrected chi connectivity index (χ1v) is 4.55. The molecule has 0 bridgehead atoms. The summed E-state index contributed by atoms with van der Waals surface area (Å²) >= 11 is 0. The molecule has 0 amide bonds. The fraction of sp³-hybridized carbons (Fsp3) is 0.444. The summed E-state index contributed by atoms with van der Waals surface area (Å²) < 4.78 is 0. The van der Waals surface area contributed by atoms with Crippen LogP contribution in [0.1, 0.15) is 10.4 Å². The Morgan fingerprint density at radius 3 is 2.93 bits per heavy atom. The van der Waals surface area contributed by atoms with Crippen LogP contribution in [-0.4, -0.2) is 53.4 Å². The Morgan fingerprint density at radius 1 is 1.60 bits per heavy atom. The molecule has 1 heterocycles. The Balaban J connectivity index is 2.63. The van der Waals surface area contributed by atoms with Gasteiger partial charge in [-0.15, -0.1) is 5.10 Å². The fourth-order valence-corrected chi connectivity index (χ4v) is 1.03. The van der Waals surface area contributed by atoms with Gasteiger partial charge in [0.2, 0.25) is 0 Å². The third kappa shape index (κ3) is 3.51. The van der Waals surface area contributed by atoms with E-state index in [0.717, 1.165) is 6.54 Å². The number of nitrogens with one attached hydrogen (secondary N) is 1. The van der Waals surface area contributed by atoms with Crippen LogP contribution < -0.4 is 5.32 Å². The van der Waals surface area contributed by atoms with Gasteiger partial charge >= 0.3 is 5.97 Å². The highest BCUT2D eigenvalue weighted by molar-refractivity contribution is 5.92. The largest absolute Gasteiger partial charge is 0.478 e. The number of carbonyl (C=O) groups is 1. The van der Waals surface area contributed by atoms with Crippen LogP contribution in [0.25, 0.3) is 0 Å². The van der Waals surface area contributed by atoms with Crippen LogP contribution in [0.2, 0.25) is 0 Å². The predicted octanol–water partition coefficient (Wildman–Crippen LogP) is 0.148. The quantitative estimate of drug-likeness (QED) is 0.720. The summed E-state index contributed by atoms with van der Waals surface area (Å²) in [6, 6.07) is 1.42. The molecule has 82 valence electrons. The Kier molecular flexibility index (Phi) is 3.99. The molecule has 0 aromatic carbocycles. The monoisotopic (exact) mass is 210 g/mol. The van der Waals surface area contributed by atoms with Crippen LogP contribution in [0.3, 0.4) is 0 Å². The third-order valence-corrected chi connectivity index (χ3v) is 1.80. The van der Waals surface area contributed by atoms with Crippen molar-refractivity contribution >= 4 is 11.8 Å². The Labute approximate surface area is 87.9 Å². The van der Waals surface area contributed by atoms with E-state index in [1.54, 1.807) is 0 Å². The highest BCUT2D eigenvalue weighted by Gasteiger charge is 2.10. The molecular formula is C9H14N4O2. The van der Waals surface area contributed by atoms with Crippen molar-refractivity contribution in [2.24, 2.45) is 0 Å². The zero-order valence-electron chi connectivity index (χ0n) is 8.77. The molecule has 6 nitrogen and oxygen atoms in total. The average Bonchev–Trinajstić information content (AvgIpc) is 2.17. The second kappa shape index (κ2) is 5.26. The Bertz CT molecular complexity index is 341. The maximum atomic E-state index is 10.8. The van der Waals surface area contributed by atoms with Gasteiger partial charge < -0.3 is 15.3 Å². The van der Waals surface area contributed by atoms with Gasteiger partial charge in [0.1, 0.15) is 5.56 Å². The number of anilines is 1. The standard InChI is InChI=1S/C9H14N4O2/c1-13(2)6-5-10-8-7(9(14)15)3-4-11-12-8/h3-4H,5-6H2,1-2H3,(H,10,12)(H,14,15). The van der Waals surface area contributed by atoms with E-state index < -0.39 is 5.97 Å². The number of rotatable bonds is 5. The van der Waals surface area contributed by atoms with Gasteiger partial charge in [-0.25, -0.2) is 4.79 Å². The fourth-order valence-electron chi connectivity index (χ4n) is 1.03. The van der Waals surface area contributed by atoms with E-state index in [9.17, 15) is 4.79 Å². The van der Waals surface area contributed by atoms with E-state index in [4.69, 9.17) is 5.11 Å². The molecule has 0 aliphatic rings. The molecule has 6 heteroatoms. The zero-order valence-corrected chi connectivity index (χ0v) is 8.77. The highest BCUT2D eigenvalue weighted by Crippen LogP contribution is 2.08. The lowest BCUT2D eigenvalue weighted by Crippen LogP contribution is -2.22. The number of likely N-dealkylation sites (N-methyl/N-ethyl adjacent to an activating group) is 1. The van der Waals surface area contributed by atoms with E-state index in [0.29, 0.717) is 12.4 Å². The lowest BCUT2D eigenvalue weighted by Gasteiger charge is -2.11. The number of hydrogen-bond acceptors (Lipinski definition) is 5. The van der Waals surface area contributed by atoms with Crippen molar-refractivity contribution in [2.45, 2.75) is 0 Å². The van der Waals surface area contributed by atoms with Crippen molar-refractivity contribution in [3.63, 3.8) is 0 Å². The van der Waals surface area contributed by atoms with E-state index in [1.165, 1.54) is 12.3 Å². The van der Waals surface area contributed by atoms with Crippen LogP contribution in [0.5, 0.6) is 0 Å². The van der Waals surface area contributed by atoms with Crippen LogP contribution >= 0.6 is 0 Å². The van der Waals surface area contributed by atoms with E-state index in [1.807, 2.05) is 19.0 Å². The van der Waals surface area contributed by atoms with Crippen molar-refractivity contribution in [2.75, 3.05) is 32.5 Å². The molecule has 0 atom stereocenters. The summed E-state index contributed by atoms with van der Waals surface area (Å²) in [4.78, 5) is 12.8. The molecule has 0 saturated carbocycles. The van der Waals surface area contributed by atoms with Gasteiger partial charge in [-0.1, -0.05) is 0 Å². The number of hydrogen-bond donors (Lipinski definition) is 2. The van der Waals surface area contributed by atoms with Gasteiger partial charge in [-0.05, 0) is 20.2 Å². The summed E-state index contributed by atoms with van der Waals surface area (Å²) in [6.07, 6.45) is 1.36. The van der Waals surface area contributed by atoms with Gasteiger partial charge in [-0.3, -0.25) is 0 Å². The summed E-state index contributed by atoms with van der Waals surface area (Å²) in [5, 5.41) is 19.2. The molecule has 1 rings (SSSR count). The van der Waals surface area contributed by atoms with Crippen molar-refractivity contribution < 1.29 is 9.90 Å². The number of aromatic nitrogens is 2. The third-order valence-electron chi connectivity index (χ3n) is 1.80. The van der Waals surface area contributed by atoms with Crippen molar-refractivity contribution in [1.29, 1.82) is 0 Å². The molecule has 1 aromatic heterocycles. The molecule has 1 aromatic rings. The van der Waals surface area contributed by atoms with E-state index >= 15 is 0 Å². The first kappa shape index (κ1) is 11.4. The van der Waals surface area contributed by atoms with Crippen molar-refractivity contribution in [3.05, 3.63) is 17.8 Å². The van der Waals surface area contributed by atoms with Crippen LogP contribution in [0.15, 0.2) is 12.3 Å². The molecule has 0 unspecified atom stereocenters. The molecule has 0 saturated heterocycles. The number of nitrogens with zero attached hydrogens (tertiary/aromatic N) is 3. The highest BCUT2D eigenvalue weighted by atomic mass is 16.4. The molecule has 0 aliphatic carbocycles. The molecular weight excluding hydrogens is 196 g/mol. The van der Waals surface area contributed by atoms with Gasteiger partial charge in [0, 0.05) is 13.1 Å². The minimum absolute atomic E-state index is 0.142. The molecule has 0 spiro atoms. The molecule has 0 aliphatic heterocycles. The molecule has 0 radical (unpaired) electrons. The molecule has 2 N–H and O–H groups in total. The number of carboxylic acid groups (broad SMARTS) is 1. The average molecular weight is 210 g/mol. The maximum Gasteiger partial charge on any atom is 0.339 e. The van der Waals surface area contributed by atoms with Crippen LogP contribution in [0, 0.1) is 0 Å². The second-order valence-electron chi connectivity index (χ2n) is 3.33. The summed E-state index contributed by atoms with van der Waals surface area (Å²) in [6.45, 7) is 1.43. The van der Waals surface area contributed by atoms with Crippen LogP contribution in [-0.2, 0) is 0 Å². The minimum Gasteiger partial charge on any atom is -0.478 e. The first-order chi connectivity index (χ1) is 7.11. The molecule has 15 heavy (non-hydrogen) atoms. The van der Waals surface area contributed by atoms with Gasteiger partial charge in [0.05, 0.1) is 6.20 Å². The molecule has 0 fully saturated rings. The second-order valence-corrected chi connectivity index (χ2v) is 3.33. The maximum absolute atomic E-state index is 10.8. The summed E-state index contributed by atoms with van der Waals surface area (Å²) in [5.41, 5.74) is 0.142. The summed E-state index contributed by atoms with van der Waals surface area (Å²) in [7, 11) is 3.88. The number of aromatic carboxylic acids is 1. The summed E-state index contributed by atoms with van der Waals surface area (Å²) in [5.74, 6) is -0.691. The van der Waals surface area contributed by atoms with Crippen molar-refractivity contribution in [1.82, 2.24) is 15.1 Å². The topological polar surface area (TPSA) is 78.3 Å². The Morgan fingerprint density at radius 2 is 2.33 bits per heavy atom. The normalized spacial score (nSPS) is 10.3. The van der Waals surface area contributed by atoms with Crippen LogP contribution in [0.4, 0.5) is 5.82 Å². The first-order valence-electron chi connectivity index (χ1n) is 4.55. The smallest absolute Gasteiger partial charge is 0.339 e. The SMILES string of the molecule is CN(C)CCNc1nnccc1C(=O)O. The number of carboxylic acids is 1. The van der Waals surface area contributed by atoms with E-state index in [-0.39, 0.29) is 5.56 Å². The lowest BCUT2D eigenvalue weighted by atomic mass is 10.3.